The molecule has 0 fully saturated rings. The number of carbonyl (C=O) groups excluding carboxylic acids is 1. The Labute approximate surface area is 120 Å². The van der Waals surface area contributed by atoms with E-state index in [0.29, 0.717) is 16.4 Å². The van der Waals surface area contributed by atoms with Crippen molar-refractivity contribution in [1.29, 1.82) is 5.26 Å². The molecule has 1 N–H and O–H groups in total. The number of amides is 1. The number of nitrogens with zero attached hydrogens (tertiary/aromatic N) is 4. The van der Waals surface area contributed by atoms with Gasteiger partial charge in [-0.3, -0.25) is 4.79 Å². The van der Waals surface area contributed by atoms with Crippen molar-refractivity contribution in [1.82, 2.24) is 14.8 Å². The van der Waals surface area contributed by atoms with Crippen molar-refractivity contribution >= 4 is 23.4 Å². The van der Waals surface area contributed by atoms with E-state index in [4.69, 9.17) is 5.26 Å². The summed E-state index contributed by atoms with van der Waals surface area (Å²) in [7, 11) is 1.82. The molecule has 2 rings (SSSR count). The molecule has 0 saturated heterocycles. The molecule has 0 aliphatic heterocycles. The molecule has 1 aromatic carbocycles. The van der Waals surface area contributed by atoms with Crippen LogP contribution in [0.25, 0.3) is 0 Å². The molecule has 0 spiro atoms. The molecule has 20 heavy (non-hydrogen) atoms. The minimum atomic E-state index is -0.316. The number of hydrogen-bond donors (Lipinski definition) is 1. The first-order valence-corrected chi connectivity index (χ1v) is 6.80. The van der Waals surface area contributed by atoms with Gasteiger partial charge in [0.15, 0.2) is 5.16 Å². The Morgan fingerprint density at radius 1 is 1.55 bits per heavy atom. The van der Waals surface area contributed by atoms with Crippen LogP contribution in [0.2, 0.25) is 0 Å². The molecule has 1 atom stereocenters. The van der Waals surface area contributed by atoms with Crippen molar-refractivity contribution in [3.05, 3.63) is 36.2 Å². The van der Waals surface area contributed by atoms with Gasteiger partial charge in [0.2, 0.25) is 5.91 Å². The Morgan fingerprint density at radius 2 is 2.35 bits per heavy atom. The van der Waals surface area contributed by atoms with E-state index in [9.17, 15) is 4.79 Å². The second-order valence-electron chi connectivity index (χ2n) is 4.17. The number of nitriles is 1. The third kappa shape index (κ3) is 3.36. The van der Waals surface area contributed by atoms with Crippen molar-refractivity contribution in [3.63, 3.8) is 0 Å². The number of benzene rings is 1. The lowest BCUT2D eigenvalue weighted by molar-refractivity contribution is -0.115. The Hall–Kier alpha value is -2.33. The molecule has 2 aromatic rings. The minimum absolute atomic E-state index is 0.145. The van der Waals surface area contributed by atoms with Crippen LogP contribution in [0.1, 0.15) is 12.5 Å². The SMILES string of the molecule is CC(Sc1nncn1C)C(=O)Nc1cccc(C#N)c1. The summed E-state index contributed by atoms with van der Waals surface area (Å²) in [6.07, 6.45) is 1.59. The van der Waals surface area contributed by atoms with Crippen molar-refractivity contribution < 1.29 is 4.79 Å². The number of anilines is 1. The van der Waals surface area contributed by atoms with E-state index in [-0.39, 0.29) is 11.2 Å². The maximum absolute atomic E-state index is 12.1. The van der Waals surface area contributed by atoms with Gasteiger partial charge >= 0.3 is 0 Å². The summed E-state index contributed by atoms with van der Waals surface area (Å²) >= 11 is 1.33. The maximum Gasteiger partial charge on any atom is 0.237 e. The van der Waals surface area contributed by atoms with Gasteiger partial charge in [0, 0.05) is 12.7 Å². The number of thioether (sulfide) groups is 1. The highest BCUT2D eigenvalue weighted by molar-refractivity contribution is 8.00. The summed E-state index contributed by atoms with van der Waals surface area (Å²) in [4.78, 5) is 12.1. The summed E-state index contributed by atoms with van der Waals surface area (Å²) in [6, 6.07) is 8.84. The van der Waals surface area contributed by atoms with Crippen LogP contribution >= 0.6 is 11.8 Å². The smallest absolute Gasteiger partial charge is 0.237 e. The predicted molar refractivity (Wildman–Crippen MR) is 76.1 cm³/mol. The zero-order chi connectivity index (χ0) is 14.5. The second kappa shape index (κ2) is 6.21. The van der Waals surface area contributed by atoms with Crippen LogP contribution < -0.4 is 5.32 Å². The van der Waals surface area contributed by atoms with Gasteiger partial charge in [0.25, 0.3) is 0 Å². The van der Waals surface area contributed by atoms with Crippen LogP contribution in [0, 0.1) is 11.3 Å². The van der Waals surface area contributed by atoms with Crippen molar-refractivity contribution in [2.24, 2.45) is 7.05 Å². The first-order chi connectivity index (χ1) is 9.60. The molecule has 1 aromatic heterocycles. The third-order valence-electron chi connectivity index (χ3n) is 2.58. The molecular formula is C13H13N5OS. The van der Waals surface area contributed by atoms with Gasteiger partial charge in [0.05, 0.1) is 16.9 Å². The summed E-state index contributed by atoms with van der Waals surface area (Å²) in [5.74, 6) is -0.145. The number of aromatic nitrogens is 3. The van der Waals surface area contributed by atoms with Crippen LogP contribution in [0.3, 0.4) is 0 Å². The molecule has 102 valence electrons. The Kier molecular flexibility index (Phi) is 4.38. The second-order valence-corrected chi connectivity index (χ2v) is 5.47. The highest BCUT2D eigenvalue weighted by atomic mass is 32.2. The van der Waals surface area contributed by atoms with E-state index in [1.54, 1.807) is 42.1 Å². The summed E-state index contributed by atoms with van der Waals surface area (Å²) < 4.78 is 1.75. The van der Waals surface area contributed by atoms with Crippen molar-refractivity contribution in [3.8, 4) is 6.07 Å². The molecule has 6 nitrogen and oxygen atoms in total. The lowest BCUT2D eigenvalue weighted by Crippen LogP contribution is -2.22. The average Bonchev–Trinajstić information content (AvgIpc) is 2.84. The molecule has 0 bridgehead atoms. The Morgan fingerprint density at radius 3 is 3.00 bits per heavy atom. The van der Waals surface area contributed by atoms with E-state index >= 15 is 0 Å². The average molecular weight is 287 g/mol. The molecule has 1 amide bonds. The molecular weight excluding hydrogens is 274 g/mol. The first-order valence-electron chi connectivity index (χ1n) is 5.92. The van der Waals surface area contributed by atoms with Gasteiger partial charge in [-0.15, -0.1) is 10.2 Å². The van der Waals surface area contributed by atoms with Gasteiger partial charge in [0.1, 0.15) is 6.33 Å². The number of nitrogens with one attached hydrogen (secondary N) is 1. The monoisotopic (exact) mass is 287 g/mol. The zero-order valence-electron chi connectivity index (χ0n) is 11.1. The molecule has 0 saturated carbocycles. The third-order valence-corrected chi connectivity index (χ3v) is 3.73. The van der Waals surface area contributed by atoms with E-state index in [0.717, 1.165) is 0 Å². The fourth-order valence-corrected chi connectivity index (χ4v) is 2.29. The highest BCUT2D eigenvalue weighted by Crippen LogP contribution is 2.21. The Balaban J connectivity index is 2.01. The fraction of sp³-hybridized carbons (Fsp3) is 0.231. The van der Waals surface area contributed by atoms with Crippen LogP contribution in [-0.4, -0.2) is 25.9 Å². The van der Waals surface area contributed by atoms with E-state index in [1.165, 1.54) is 11.8 Å². The molecule has 0 aliphatic carbocycles. The molecule has 0 aliphatic rings. The quantitative estimate of drug-likeness (QED) is 0.867. The maximum atomic E-state index is 12.1. The standard InChI is InChI=1S/C13H13N5OS/c1-9(20-13-17-15-8-18(13)2)12(19)16-11-5-3-4-10(6-11)7-14/h3-6,8-9H,1-2H3,(H,16,19). The van der Waals surface area contributed by atoms with Gasteiger partial charge in [-0.1, -0.05) is 17.8 Å². The largest absolute Gasteiger partial charge is 0.325 e. The molecule has 1 unspecified atom stereocenters. The van der Waals surface area contributed by atoms with Gasteiger partial charge in [-0.2, -0.15) is 5.26 Å². The summed E-state index contributed by atoms with van der Waals surface area (Å²) in [6.45, 7) is 1.79. The number of rotatable bonds is 4. The number of carbonyl (C=O) groups is 1. The normalized spacial score (nSPS) is 11.7. The topological polar surface area (TPSA) is 83.6 Å². The van der Waals surface area contributed by atoms with E-state index in [2.05, 4.69) is 15.5 Å². The van der Waals surface area contributed by atoms with E-state index in [1.807, 2.05) is 13.1 Å². The van der Waals surface area contributed by atoms with Crippen LogP contribution in [0.15, 0.2) is 35.7 Å². The first kappa shape index (κ1) is 14.1. The van der Waals surface area contributed by atoms with Crippen molar-refractivity contribution in [2.45, 2.75) is 17.3 Å². The van der Waals surface area contributed by atoms with Crippen LogP contribution in [0.4, 0.5) is 5.69 Å². The lowest BCUT2D eigenvalue weighted by atomic mass is 10.2. The Bertz CT molecular complexity index is 661. The zero-order valence-corrected chi connectivity index (χ0v) is 11.9. The number of aryl methyl sites for hydroxylation is 1. The van der Waals surface area contributed by atoms with Crippen molar-refractivity contribution in [2.75, 3.05) is 5.32 Å². The molecule has 1 heterocycles. The van der Waals surface area contributed by atoms with E-state index < -0.39 is 0 Å². The molecule has 0 radical (unpaired) electrons. The van der Waals surface area contributed by atoms with Gasteiger partial charge in [-0.05, 0) is 25.1 Å². The van der Waals surface area contributed by atoms with Crippen LogP contribution in [-0.2, 0) is 11.8 Å². The lowest BCUT2D eigenvalue weighted by Gasteiger charge is -2.11. The summed E-state index contributed by atoms with van der Waals surface area (Å²) in [5.41, 5.74) is 1.12. The predicted octanol–water partition coefficient (Wildman–Crippen LogP) is 1.81. The minimum Gasteiger partial charge on any atom is -0.325 e. The summed E-state index contributed by atoms with van der Waals surface area (Å²) in [5, 5.41) is 19.7. The van der Waals surface area contributed by atoms with Crippen LogP contribution in [0.5, 0.6) is 0 Å². The van der Waals surface area contributed by atoms with Gasteiger partial charge in [-0.25, -0.2) is 0 Å². The van der Waals surface area contributed by atoms with Gasteiger partial charge < -0.3 is 9.88 Å². The molecule has 7 heteroatoms. The highest BCUT2D eigenvalue weighted by Gasteiger charge is 2.17. The fourth-order valence-electron chi connectivity index (χ4n) is 1.50. The number of hydrogen-bond acceptors (Lipinski definition) is 5.